The van der Waals surface area contributed by atoms with Crippen LogP contribution in [-0.2, 0) is 4.79 Å². The van der Waals surface area contributed by atoms with E-state index in [4.69, 9.17) is 22.1 Å². The second kappa shape index (κ2) is 11.5. The molecule has 1 atom stereocenters. The maximum absolute atomic E-state index is 14.3. The van der Waals surface area contributed by atoms with Gasteiger partial charge in [-0.15, -0.1) is 0 Å². The lowest BCUT2D eigenvalue weighted by Crippen LogP contribution is -2.53. The molecule has 2 aromatic carbocycles. The van der Waals surface area contributed by atoms with Gasteiger partial charge in [0.05, 0.1) is 29.6 Å². The van der Waals surface area contributed by atoms with E-state index in [1.165, 1.54) is 18.1 Å². The van der Waals surface area contributed by atoms with Crippen molar-refractivity contribution in [1.29, 1.82) is 0 Å². The van der Waals surface area contributed by atoms with Gasteiger partial charge in [-0.3, -0.25) is 14.0 Å². The average molecular weight is 568 g/mol. The van der Waals surface area contributed by atoms with E-state index < -0.39 is 17.8 Å². The quantitative estimate of drug-likeness (QED) is 0.310. The number of rotatable bonds is 7. The van der Waals surface area contributed by atoms with E-state index in [1.54, 1.807) is 58.2 Å². The molecule has 1 aliphatic rings. The number of benzene rings is 2. The van der Waals surface area contributed by atoms with E-state index in [2.05, 4.69) is 15.3 Å². The van der Waals surface area contributed by atoms with Gasteiger partial charge in [-0.2, -0.15) is 0 Å². The fourth-order valence-electron chi connectivity index (χ4n) is 4.56. The summed E-state index contributed by atoms with van der Waals surface area (Å²) >= 11 is 6.51. The highest BCUT2D eigenvalue weighted by Crippen LogP contribution is 2.30. The number of nitrogens with zero attached hydrogens (tertiary/aromatic N) is 5. The van der Waals surface area contributed by atoms with Crippen LogP contribution in [0.15, 0.2) is 55.0 Å². The minimum atomic E-state index is -1.24. The number of halogens is 2. The maximum atomic E-state index is 14.3. The molecule has 3 heterocycles. The number of aliphatic hydroxyl groups is 1. The molecule has 4 aromatic rings. The van der Waals surface area contributed by atoms with E-state index >= 15 is 0 Å². The first kappa shape index (κ1) is 27.3. The van der Waals surface area contributed by atoms with Gasteiger partial charge < -0.3 is 30.7 Å². The Bertz CT molecular complexity index is 1570. The van der Waals surface area contributed by atoms with Gasteiger partial charge in [-0.05, 0) is 36.4 Å². The van der Waals surface area contributed by atoms with Crippen molar-refractivity contribution < 1.29 is 23.8 Å². The predicted molar refractivity (Wildman–Crippen MR) is 147 cm³/mol. The topological polar surface area (TPSA) is 138 Å². The third-order valence-electron chi connectivity index (χ3n) is 6.72. The highest BCUT2D eigenvalue weighted by molar-refractivity contribution is 6.34. The Morgan fingerprint density at radius 1 is 1.15 bits per heavy atom. The molecule has 1 saturated heterocycles. The molecule has 0 saturated carbocycles. The number of ether oxygens (including phenoxy) is 1. The number of aliphatic hydroxyl groups excluding tert-OH is 1. The Morgan fingerprint density at radius 3 is 2.58 bits per heavy atom. The van der Waals surface area contributed by atoms with E-state index in [1.807, 2.05) is 0 Å². The SMILES string of the molecule is COc1ccc(-c2cnc3c(Nc4ccc(C(=O)N5CCN(C(=O)C(O)CN)CC5)c(Cl)c4)nccn23)cc1F. The number of piperazine rings is 1. The van der Waals surface area contributed by atoms with Crippen molar-refractivity contribution in [3.63, 3.8) is 0 Å². The molecule has 0 radical (unpaired) electrons. The zero-order valence-electron chi connectivity index (χ0n) is 21.6. The molecule has 0 bridgehead atoms. The first-order chi connectivity index (χ1) is 19.3. The van der Waals surface area contributed by atoms with Crippen LogP contribution in [0.5, 0.6) is 5.75 Å². The standard InChI is InChI=1S/C27H27ClFN7O4/c1-40-23-5-2-16(12-20(23)29)21-15-32-25-24(31-6-7-36(21)25)33-17-3-4-18(19(28)13-17)26(38)34-8-10-35(11-9-34)27(39)22(37)14-30/h2-7,12-13,15,22,37H,8-11,14,30H2,1H3,(H,31,33). The predicted octanol–water partition coefficient (Wildman–Crippen LogP) is 2.54. The number of hydrogen-bond donors (Lipinski definition) is 3. The van der Waals surface area contributed by atoms with Gasteiger partial charge in [0.25, 0.3) is 11.8 Å². The second-order valence-corrected chi connectivity index (χ2v) is 9.56. The number of carbonyl (C=O) groups is 2. The molecular weight excluding hydrogens is 541 g/mol. The van der Waals surface area contributed by atoms with Crippen molar-refractivity contribution in [2.24, 2.45) is 5.73 Å². The van der Waals surface area contributed by atoms with Crippen molar-refractivity contribution in [1.82, 2.24) is 24.2 Å². The smallest absolute Gasteiger partial charge is 0.255 e. The van der Waals surface area contributed by atoms with Crippen LogP contribution in [0.4, 0.5) is 15.9 Å². The lowest BCUT2D eigenvalue weighted by molar-refractivity contribution is -0.141. The van der Waals surface area contributed by atoms with Crippen LogP contribution in [-0.4, -0.2) is 87.0 Å². The number of nitrogens with one attached hydrogen (secondary N) is 1. The number of fused-ring (bicyclic) bond motifs is 1. The number of amides is 2. The summed E-state index contributed by atoms with van der Waals surface area (Å²) in [6.07, 6.45) is 3.71. The average Bonchev–Trinajstić information content (AvgIpc) is 3.41. The van der Waals surface area contributed by atoms with Crippen molar-refractivity contribution in [3.05, 3.63) is 71.4 Å². The van der Waals surface area contributed by atoms with Gasteiger partial charge in [-0.1, -0.05) is 11.6 Å². The van der Waals surface area contributed by atoms with Gasteiger partial charge in [0.1, 0.15) is 6.10 Å². The molecule has 1 fully saturated rings. The Kier molecular flexibility index (Phi) is 7.83. The third-order valence-corrected chi connectivity index (χ3v) is 7.04. The van der Waals surface area contributed by atoms with Crippen molar-refractivity contribution in [2.45, 2.75) is 6.10 Å². The number of hydrogen-bond acceptors (Lipinski definition) is 8. The Balaban J connectivity index is 1.31. The number of aromatic nitrogens is 3. The van der Waals surface area contributed by atoms with Crippen molar-refractivity contribution in [2.75, 3.05) is 45.2 Å². The summed E-state index contributed by atoms with van der Waals surface area (Å²) < 4.78 is 21.1. The van der Waals surface area contributed by atoms with Crippen LogP contribution in [0.2, 0.25) is 5.02 Å². The maximum Gasteiger partial charge on any atom is 0.255 e. The van der Waals surface area contributed by atoms with Gasteiger partial charge in [-0.25, -0.2) is 14.4 Å². The van der Waals surface area contributed by atoms with E-state index in [9.17, 15) is 19.1 Å². The summed E-state index contributed by atoms with van der Waals surface area (Å²) in [6.45, 7) is 1.06. The lowest BCUT2D eigenvalue weighted by Gasteiger charge is -2.35. The van der Waals surface area contributed by atoms with Crippen molar-refractivity contribution >= 4 is 40.6 Å². The molecular formula is C27H27ClFN7O4. The van der Waals surface area contributed by atoms with Crippen molar-refractivity contribution in [3.8, 4) is 17.0 Å². The summed E-state index contributed by atoms with van der Waals surface area (Å²) in [7, 11) is 1.41. The Hall–Kier alpha value is -4.26. The van der Waals surface area contributed by atoms with E-state index in [0.29, 0.717) is 60.2 Å². The fourth-order valence-corrected chi connectivity index (χ4v) is 4.82. The monoisotopic (exact) mass is 567 g/mol. The van der Waals surface area contributed by atoms with Crippen LogP contribution in [0.3, 0.4) is 0 Å². The molecule has 5 rings (SSSR count). The summed E-state index contributed by atoms with van der Waals surface area (Å²) in [5, 5.41) is 13.1. The molecule has 13 heteroatoms. The molecule has 4 N–H and O–H groups in total. The minimum Gasteiger partial charge on any atom is -0.494 e. The third kappa shape index (κ3) is 5.28. The van der Waals surface area contributed by atoms with Crippen LogP contribution >= 0.6 is 11.6 Å². The van der Waals surface area contributed by atoms with E-state index in [-0.39, 0.29) is 23.2 Å². The second-order valence-electron chi connectivity index (χ2n) is 9.15. The Morgan fingerprint density at radius 2 is 1.90 bits per heavy atom. The number of anilines is 2. The van der Waals surface area contributed by atoms with Crippen LogP contribution in [0.25, 0.3) is 16.9 Å². The molecule has 11 nitrogen and oxygen atoms in total. The largest absolute Gasteiger partial charge is 0.494 e. The van der Waals surface area contributed by atoms with Gasteiger partial charge in [0, 0.05) is 56.4 Å². The summed E-state index contributed by atoms with van der Waals surface area (Å²) in [5.41, 5.74) is 8.08. The molecule has 2 amide bonds. The first-order valence-corrected chi connectivity index (χ1v) is 12.9. The molecule has 2 aromatic heterocycles. The lowest BCUT2D eigenvalue weighted by atomic mass is 10.1. The van der Waals surface area contributed by atoms with Gasteiger partial charge in [0.15, 0.2) is 23.0 Å². The van der Waals surface area contributed by atoms with E-state index in [0.717, 1.165) is 0 Å². The molecule has 1 aliphatic heterocycles. The molecule has 40 heavy (non-hydrogen) atoms. The number of carbonyl (C=O) groups excluding carboxylic acids is 2. The van der Waals surface area contributed by atoms with Crippen LogP contribution in [0, 0.1) is 5.82 Å². The minimum absolute atomic E-state index is 0.150. The first-order valence-electron chi connectivity index (χ1n) is 12.5. The highest BCUT2D eigenvalue weighted by Gasteiger charge is 2.28. The van der Waals surface area contributed by atoms with Gasteiger partial charge >= 0.3 is 0 Å². The summed E-state index contributed by atoms with van der Waals surface area (Å²) in [5.74, 6) is -0.578. The summed E-state index contributed by atoms with van der Waals surface area (Å²) in [4.78, 5) is 37.2. The van der Waals surface area contributed by atoms with Crippen LogP contribution < -0.4 is 15.8 Å². The number of methoxy groups -OCH3 is 1. The number of imidazole rings is 1. The zero-order chi connectivity index (χ0) is 28.4. The molecule has 0 spiro atoms. The molecule has 208 valence electrons. The summed E-state index contributed by atoms with van der Waals surface area (Å²) in [6, 6.07) is 9.65. The molecule has 0 aliphatic carbocycles. The zero-order valence-corrected chi connectivity index (χ0v) is 22.3. The molecule has 1 unspecified atom stereocenters. The normalized spacial score (nSPS) is 14.3. The van der Waals surface area contributed by atoms with Gasteiger partial charge in [0.2, 0.25) is 0 Å². The fraction of sp³-hybridized carbons (Fsp3) is 0.259. The Labute approximate surface area is 233 Å². The highest BCUT2D eigenvalue weighted by atomic mass is 35.5. The number of nitrogens with two attached hydrogens (primary N) is 1. The van der Waals surface area contributed by atoms with Crippen LogP contribution in [0.1, 0.15) is 10.4 Å².